The fourth-order valence-electron chi connectivity index (χ4n) is 2.17. The van der Waals surface area contributed by atoms with Crippen molar-refractivity contribution in [1.29, 1.82) is 0 Å². The van der Waals surface area contributed by atoms with E-state index in [2.05, 4.69) is 46.5 Å². The van der Waals surface area contributed by atoms with Crippen LogP contribution in [0.5, 0.6) is 0 Å². The molecule has 0 aliphatic heterocycles. The van der Waals surface area contributed by atoms with Gasteiger partial charge in [0, 0.05) is 13.0 Å². The lowest BCUT2D eigenvalue weighted by Crippen LogP contribution is -2.26. The first-order chi connectivity index (χ1) is 10.2. The molecule has 0 fully saturated rings. The topological polar surface area (TPSA) is 70.7 Å². The molecule has 1 aromatic carbocycles. The third-order valence-corrected chi connectivity index (χ3v) is 3.45. The molecule has 0 spiro atoms. The summed E-state index contributed by atoms with van der Waals surface area (Å²) in [6, 6.07) is 10.3. The van der Waals surface area contributed by atoms with Gasteiger partial charge in [-0.15, -0.1) is 5.10 Å². The molecule has 0 saturated carbocycles. The third-order valence-electron chi connectivity index (χ3n) is 3.45. The second kappa shape index (κ2) is 7.57. The van der Waals surface area contributed by atoms with Gasteiger partial charge in [0.05, 0.1) is 0 Å². The second-order valence-corrected chi connectivity index (χ2v) is 5.21. The minimum Gasteiger partial charge on any atom is -0.349 e. The summed E-state index contributed by atoms with van der Waals surface area (Å²) in [5.41, 5.74) is 1.29. The smallest absolute Gasteiger partial charge is 0.290 e. The largest absolute Gasteiger partial charge is 0.349 e. The number of carbonyl (C=O) groups excluding carboxylic acids is 1. The molecular formula is C16H22N4O. The molecule has 1 aromatic heterocycles. The van der Waals surface area contributed by atoms with Crippen molar-refractivity contribution in [3.05, 3.63) is 47.5 Å². The van der Waals surface area contributed by atoms with E-state index in [9.17, 15) is 4.79 Å². The van der Waals surface area contributed by atoms with Crippen LogP contribution < -0.4 is 5.32 Å². The zero-order chi connectivity index (χ0) is 15.1. The summed E-state index contributed by atoms with van der Waals surface area (Å²) in [5.74, 6) is 1.19. The number of aromatic nitrogens is 3. The van der Waals surface area contributed by atoms with Crippen LogP contribution in [0.3, 0.4) is 0 Å². The van der Waals surface area contributed by atoms with E-state index in [0.717, 1.165) is 25.1 Å². The Kier molecular flexibility index (Phi) is 5.49. The number of H-pyrrole nitrogens is 1. The quantitative estimate of drug-likeness (QED) is 0.822. The van der Waals surface area contributed by atoms with Gasteiger partial charge < -0.3 is 5.32 Å². The summed E-state index contributed by atoms with van der Waals surface area (Å²) in [7, 11) is 0. The van der Waals surface area contributed by atoms with E-state index in [1.165, 1.54) is 5.56 Å². The minimum atomic E-state index is -0.214. The monoisotopic (exact) mass is 286 g/mol. The zero-order valence-corrected chi connectivity index (χ0v) is 12.6. The highest BCUT2D eigenvalue weighted by molar-refractivity contribution is 5.90. The fraction of sp³-hybridized carbons (Fsp3) is 0.438. The normalized spacial score (nSPS) is 12.1. The van der Waals surface area contributed by atoms with Crippen LogP contribution >= 0.6 is 0 Å². The highest BCUT2D eigenvalue weighted by atomic mass is 16.2. The van der Waals surface area contributed by atoms with Gasteiger partial charge in [-0.2, -0.15) is 0 Å². The van der Waals surface area contributed by atoms with Crippen molar-refractivity contribution in [3.63, 3.8) is 0 Å². The number of hydrogen-bond acceptors (Lipinski definition) is 3. The Morgan fingerprint density at radius 3 is 2.81 bits per heavy atom. The predicted molar refractivity (Wildman–Crippen MR) is 82.2 cm³/mol. The van der Waals surface area contributed by atoms with Gasteiger partial charge >= 0.3 is 0 Å². The van der Waals surface area contributed by atoms with Crippen LogP contribution in [0.25, 0.3) is 0 Å². The number of aromatic amines is 1. The van der Waals surface area contributed by atoms with E-state index in [0.29, 0.717) is 12.5 Å². The number of aryl methyl sites for hydroxylation is 1. The van der Waals surface area contributed by atoms with Gasteiger partial charge in [-0.1, -0.05) is 44.2 Å². The summed E-state index contributed by atoms with van der Waals surface area (Å²) in [6.45, 7) is 4.84. The molecule has 1 atom stereocenters. The van der Waals surface area contributed by atoms with E-state index in [-0.39, 0.29) is 11.7 Å². The van der Waals surface area contributed by atoms with E-state index >= 15 is 0 Å². The Hall–Kier alpha value is -2.17. The summed E-state index contributed by atoms with van der Waals surface area (Å²) in [5, 5.41) is 9.60. The summed E-state index contributed by atoms with van der Waals surface area (Å²) >= 11 is 0. The summed E-state index contributed by atoms with van der Waals surface area (Å²) in [6.07, 6.45) is 2.68. The van der Waals surface area contributed by atoms with Crippen molar-refractivity contribution >= 4 is 5.91 Å². The van der Waals surface area contributed by atoms with Crippen molar-refractivity contribution in [2.45, 2.75) is 39.0 Å². The molecule has 0 aliphatic rings. The lowest BCUT2D eigenvalue weighted by molar-refractivity contribution is 0.0942. The van der Waals surface area contributed by atoms with Crippen molar-refractivity contribution in [3.8, 4) is 0 Å². The zero-order valence-electron chi connectivity index (χ0n) is 12.6. The predicted octanol–water partition coefficient (Wildman–Crippen LogP) is 2.68. The minimum absolute atomic E-state index is 0.214. The van der Waals surface area contributed by atoms with E-state index in [1.54, 1.807) is 0 Å². The van der Waals surface area contributed by atoms with Gasteiger partial charge in [0.15, 0.2) is 0 Å². The second-order valence-electron chi connectivity index (χ2n) is 5.21. The molecule has 0 bridgehead atoms. The van der Waals surface area contributed by atoms with Gasteiger partial charge in [0.1, 0.15) is 5.82 Å². The molecule has 5 heteroatoms. The number of rotatable bonds is 7. The molecule has 2 aromatic rings. The van der Waals surface area contributed by atoms with Crippen LogP contribution in [0, 0.1) is 0 Å². The molecule has 1 unspecified atom stereocenters. The first kappa shape index (κ1) is 15.2. The molecular weight excluding hydrogens is 264 g/mol. The average molecular weight is 286 g/mol. The third kappa shape index (κ3) is 4.41. The molecule has 0 aliphatic carbocycles. The summed E-state index contributed by atoms with van der Waals surface area (Å²) < 4.78 is 0. The van der Waals surface area contributed by atoms with Crippen molar-refractivity contribution in [2.24, 2.45) is 0 Å². The lowest BCUT2D eigenvalue weighted by Gasteiger charge is -2.11. The maximum Gasteiger partial charge on any atom is 0.290 e. The van der Waals surface area contributed by atoms with Crippen LogP contribution in [-0.4, -0.2) is 27.6 Å². The number of benzene rings is 1. The van der Waals surface area contributed by atoms with Gasteiger partial charge in [-0.3, -0.25) is 9.89 Å². The van der Waals surface area contributed by atoms with Crippen LogP contribution in [-0.2, 0) is 6.42 Å². The Morgan fingerprint density at radius 1 is 1.33 bits per heavy atom. The highest BCUT2D eigenvalue weighted by Crippen LogP contribution is 2.17. The van der Waals surface area contributed by atoms with E-state index < -0.39 is 0 Å². The number of nitrogens with one attached hydrogen (secondary N) is 2. The Labute approximate surface area is 125 Å². The van der Waals surface area contributed by atoms with Gasteiger partial charge in [0.2, 0.25) is 5.82 Å². The molecule has 0 radical (unpaired) electrons. The van der Waals surface area contributed by atoms with E-state index in [1.807, 2.05) is 18.2 Å². The summed E-state index contributed by atoms with van der Waals surface area (Å²) in [4.78, 5) is 16.1. The van der Waals surface area contributed by atoms with Crippen LogP contribution in [0.15, 0.2) is 30.3 Å². The lowest BCUT2D eigenvalue weighted by atomic mass is 9.98. The maximum absolute atomic E-state index is 11.9. The Balaban J connectivity index is 1.78. The number of carbonyl (C=O) groups is 1. The van der Waals surface area contributed by atoms with Crippen LogP contribution in [0.2, 0.25) is 0 Å². The van der Waals surface area contributed by atoms with Crippen molar-refractivity contribution < 1.29 is 4.79 Å². The van der Waals surface area contributed by atoms with Gasteiger partial charge in [0.25, 0.3) is 5.91 Å². The molecule has 112 valence electrons. The number of amides is 1. The van der Waals surface area contributed by atoms with Crippen molar-refractivity contribution in [2.75, 3.05) is 6.54 Å². The molecule has 0 saturated heterocycles. The molecule has 5 nitrogen and oxygen atoms in total. The SMILES string of the molecule is CCCc1nc(C(=O)NCCC(C)c2ccccc2)n[nH]1. The van der Waals surface area contributed by atoms with Crippen LogP contribution in [0.4, 0.5) is 0 Å². The first-order valence-corrected chi connectivity index (χ1v) is 7.45. The molecule has 1 heterocycles. The van der Waals surface area contributed by atoms with Crippen molar-refractivity contribution in [1.82, 2.24) is 20.5 Å². The van der Waals surface area contributed by atoms with E-state index in [4.69, 9.17) is 0 Å². The molecule has 1 amide bonds. The Morgan fingerprint density at radius 2 is 2.10 bits per heavy atom. The standard InChI is InChI=1S/C16H22N4O/c1-3-7-14-18-15(20-19-14)16(21)17-11-10-12(2)13-8-5-4-6-9-13/h4-6,8-9,12H,3,7,10-11H2,1-2H3,(H,17,21)(H,18,19,20). The average Bonchev–Trinajstić information content (AvgIpc) is 2.97. The first-order valence-electron chi connectivity index (χ1n) is 7.45. The number of nitrogens with zero attached hydrogens (tertiary/aromatic N) is 2. The number of hydrogen-bond donors (Lipinski definition) is 2. The van der Waals surface area contributed by atoms with Crippen LogP contribution in [0.1, 0.15) is 54.6 Å². The molecule has 2 N–H and O–H groups in total. The molecule has 21 heavy (non-hydrogen) atoms. The highest BCUT2D eigenvalue weighted by Gasteiger charge is 2.12. The van der Waals surface area contributed by atoms with Gasteiger partial charge in [-0.25, -0.2) is 4.98 Å². The van der Waals surface area contributed by atoms with Gasteiger partial charge in [-0.05, 0) is 24.3 Å². The maximum atomic E-state index is 11.9. The fourth-order valence-corrected chi connectivity index (χ4v) is 2.17. The Bertz CT molecular complexity index is 565. The molecule has 2 rings (SSSR count).